The number of hydrogen-bond acceptors (Lipinski definition) is 5. The van der Waals surface area contributed by atoms with Gasteiger partial charge in [-0.3, -0.25) is 4.79 Å². The van der Waals surface area contributed by atoms with Crippen LogP contribution < -0.4 is 10.6 Å². The molecular formula is C16H25N5O3. The molecule has 0 aromatic heterocycles. The lowest BCUT2D eigenvalue weighted by Gasteiger charge is -2.29. The van der Waals surface area contributed by atoms with Gasteiger partial charge in [-0.25, -0.2) is 4.79 Å². The van der Waals surface area contributed by atoms with Crippen LogP contribution in [-0.4, -0.2) is 55.2 Å². The molecule has 8 heteroatoms. The second kappa shape index (κ2) is 10.5. The van der Waals surface area contributed by atoms with Crippen molar-refractivity contribution in [2.24, 2.45) is 5.92 Å². The Morgan fingerprint density at radius 3 is 2.42 bits per heavy atom. The van der Waals surface area contributed by atoms with Gasteiger partial charge in [0.1, 0.15) is 12.1 Å². The molecule has 132 valence electrons. The number of carbonyl (C=O) groups is 2. The molecule has 0 aliphatic carbocycles. The summed E-state index contributed by atoms with van der Waals surface area (Å²) in [4.78, 5) is 26.3. The van der Waals surface area contributed by atoms with Crippen LogP contribution in [0.1, 0.15) is 33.1 Å². The largest absolute Gasteiger partial charge is 0.378 e. The van der Waals surface area contributed by atoms with Gasteiger partial charge in [-0.05, 0) is 18.8 Å². The summed E-state index contributed by atoms with van der Waals surface area (Å²) in [5.41, 5.74) is 0. The highest BCUT2D eigenvalue weighted by Crippen LogP contribution is 2.08. The van der Waals surface area contributed by atoms with Gasteiger partial charge in [0.15, 0.2) is 0 Å². The van der Waals surface area contributed by atoms with E-state index in [4.69, 9.17) is 15.3 Å². The fraction of sp³-hybridized carbons (Fsp3) is 0.750. The van der Waals surface area contributed by atoms with E-state index in [9.17, 15) is 9.59 Å². The Kier molecular flexibility index (Phi) is 8.59. The lowest BCUT2D eigenvalue weighted by atomic mass is 10.0. The van der Waals surface area contributed by atoms with Crippen molar-refractivity contribution in [3.8, 4) is 12.1 Å². The molecule has 0 bridgehead atoms. The van der Waals surface area contributed by atoms with Crippen molar-refractivity contribution in [3.05, 3.63) is 0 Å². The summed E-state index contributed by atoms with van der Waals surface area (Å²) < 4.78 is 5.21. The fourth-order valence-electron chi connectivity index (χ4n) is 2.36. The zero-order valence-corrected chi connectivity index (χ0v) is 14.2. The molecule has 2 atom stereocenters. The minimum absolute atomic E-state index is 0.188. The molecule has 1 aliphatic rings. The zero-order valence-electron chi connectivity index (χ0n) is 14.2. The van der Waals surface area contributed by atoms with Crippen LogP contribution in [0.15, 0.2) is 0 Å². The Morgan fingerprint density at radius 1 is 1.21 bits per heavy atom. The van der Waals surface area contributed by atoms with Crippen LogP contribution in [0.2, 0.25) is 0 Å². The second-order valence-corrected chi connectivity index (χ2v) is 6.12. The smallest absolute Gasteiger partial charge is 0.318 e. The molecule has 1 heterocycles. The number of nitrogens with one attached hydrogen (secondary N) is 2. The molecule has 0 aromatic carbocycles. The van der Waals surface area contributed by atoms with Crippen molar-refractivity contribution in [2.45, 2.75) is 45.2 Å². The molecule has 1 aliphatic heterocycles. The second-order valence-electron chi connectivity index (χ2n) is 6.12. The molecule has 0 saturated carbocycles. The third kappa shape index (κ3) is 6.84. The number of ether oxygens (including phenoxy) is 1. The van der Waals surface area contributed by atoms with Crippen LogP contribution in [0, 0.1) is 28.6 Å². The van der Waals surface area contributed by atoms with Gasteiger partial charge >= 0.3 is 6.03 Å². The van der Waals surface area contributed by atoms with Gasteiger partial charge in [0, 0.05) is 19.5 Å². The maximum Gasteiger partial charge on any atom is 0.318 e. The maximum absolute atomic E-state index is 12.4. The summed E-state index contributed by atoms with van der Waals surface area (Å²) in [6.45, 7) is 5.87. The molecule has 0 spiro atoms. The van der Waals surface area contributed by atoms with E-state index in [1.807, 2.05) is 26.0 Å². The van der Waals surface area contributed by atoms with Crippen LogP contribution in [0.25, 0.3) is 0 Å². The highest BCUT2D eigenvalue weighted by atomic mass is 16.5. The van der Waals surface area contributed by atoms with E-state index < -0.39 is 18.0 Å². The fourth-order valence-corrected chi connectivity index (χ4v) is 2.36. The van der Waals surface area contributed by atoms with E-state index in [-0.39, 0.29) is 24.8 Å². The molecule has 1 saturated heterocycles. The summed E-state index contributed by atoms with van der Waals surface area (Å²) >= 11 is 0. The third-order valence-electron chi connectivity index (χ3n) is 3.64. The molecule has 0 radical (unpaired) electrons. The molecule has 0 aromatic rings. The number of morpholine rings is 1. The van der Waals surface area contributed by atoms with Gasteiger partial charge in [0.2, 0.25) is 5.91 Å². The van der Waals surface area contributed by atoms with Crippen LogP contribution in [-0.2, 0) is 9.53 Å². The average molecular weight is 335 g/mol. The van der Waals surface area contributed by atoms with Crippen LogP contribution >= 0.6 is 0 Å². The normalized spacial score (nSPS) is 16.6. The van der Waals surface area contributed by atoms with E-state index in [0.29, 0.717) is 32.7 Å². The quantitative estimate of drug-likeness (QED) is 0.712. The molecule has 2 N–H and O–H groups in total. The number of nitrogens with zero attached hydrogens (tertiary/aromatic N) is 3. The van der Waals surface area contributed by atoms with Crippen molar-refractivity contribution in [1.82, 2.24) is 15.5 Å². The third-order valence-corrected chi connectivity index (χ3v) is 3.64. The summed E-state index contributed by atoms with van der Waals surface area (Å²) in [5, 5.41) is 23.0. The molecule has 3 amide bonds. The first kappa shape index (κ1) is 19.7. The number of nitriles is 2. The van der Waals surface area contributed by atoms with Gasteiger partial charge < -0.3 is 20.3 Å². The lowest BCUT2D eigenvalue weighted by molar-refractivity contribution is -0.123. The van der Waals surface area contributed by atoms with E-state index >= 15 is 0 Å². The molecule has 8 nitrogen and oxygen atoms in total. The molecule has 1 rings (SSSR count). The first-order valence-corrected chi connectivity index (χ1v) is 8.18. The predicted octanol–water partition coefficient (Wildman–Crippen LogP) is 0.755. The zero-order chi connectivity index (χ0) is 17.9. The van der Waals surface area contributed by atoms with Gasteiger partial charge in [-0.15, -0.1) is 0 Å². The molecule has 2 unspecified atom stereocenters. The van der Waals surface area contributed by atoms with Gasteiger partial charge in [0.25, 0.3) is 0 Å². The van der Waals surface area contributed by atoms with Crippen molar-refractivity contribution < 1.29 is 14.3 Å². The minimum Gasteiger partial charge on any atom is -0.378 e. The SMILES string of the molecule is CC(C)CC(NC(=O)N1CCOCC1)C(=O)NC(C#N)CCC#N. The number of rotatable bonds is 7. The van der Waals surface area contributed by atoms with Crippen LogP contribution in [0.5, 0.6) is 0 Å². The highest BCUT2D eigenvalue weighted by molar-refractivity contribution is 5.87. The van der Waals surface area contributed by atoms with Crippen LogP contribution in [0.4, 0.5) is 4.79 Å². The first-order chi connectivity index (χ1) is 11.5. The maximum atomic E-state index is 12.4. The van der Waals surface area contributed by atoms with E-state index in [1.54, 1.807) is 4.90 Å². The number of hydrogen-bond donors (Lipinski definition) is 2. The Bertz CT molecular complexity index is 503. The van der Waals surface area contributed by atoms with E-state index in [2.05, 4.69) is 10.6 Å². The Hall–Kier alpha value is -2.32. The van der Waals surface area contributed by atoms with E-state index in [0.717, 1.165) is 0 Å². The topological polar surface area (TPSA) is 118 Å². The van der Waals surface area contributed by atoms with Gasteiger partial charge in [-0.1, -0.05) is 13.8 Å². The number of carbonyl (C=O) groups excluding carboxylic acids is 2. The van der Waals surface area contributed by atoms with Gasteiger partial charge in [-0.2, -0.15) is 10.5 Å². The summed E-state index contributed by atoms with van der Waals surface area (Å²) in [5.74, 6) is -0.194. The van der Waals surface area contributed by atoms with Crippen molar-refractivity contribution in [1.29, 1.82) is 10.5 Å². The average Bonchev–Trinajstić information content (AvgIpc) is 2.58. The Morgan fingerprint density at radius 2 is 1.88 bits per heavy atom. The highest BCUT2D eigenvalue weighted by Gasteiger charge is 2.26. The standard InChI is InChI=1S/C16H25N5O3/c1-12(2)10-14(15(22)19-13(11-18)4-3-5-17)20-16(23)21-6-8-24-9-7-21/h12-14H,3-4,6-10H2,1-2H3,(H,19,22)(H,20,23). The minimum atomic E-state index is -0.730. The Labute approximate surface area is 142 Å². The van der Waals surface area contributed by atoms with Crippen molar-refractivity contribution in [3.63, 3.8) is 0 Å². The van der Waals surface area contributed by atoms with Crippen molar-refractivity contribution in [2.75, 3.05) is 26.3 Å². The summed E-state index contributed by atoms with van der Waals surface area (Å²) in [7, 11) is 0. The summed E-state index contributed by atoms with van der Waals surface area (Å²) in [6, 6.07) is 2.18. The lowest BCUT2D eigenvalue weighted by Crippen LogP contribution is -2.54. The predicted molar refractivity (Wildman–Crippen MR) is 86.6 cm³/mol. The van der Waals surface area contributed by atoms with Gasteiger partial charge in [0.05, 0.1) is 25.4 Å². The monoisotopic (exact) mass is 335 g/mol. The number of urea groups is 1. The molecule has 1 fully saturated rings. The van der Waals surface area contributed by atoms with Crippen LogP contribution in [0.3, 0.4) is 0 Å². The number of amides is 3. The van der Waals surface area contributed by atoms with E-state index in [1.165, 1.54) is 0 Å². The Balaban J connectivity index is 2.65. The summed E-state index contributed by atoms with van der Waals surface area (Å²) in [6.07, 6.45) is 0.927. The molecular weight excluding hydrogens is 310 g/mol. The van der Waals surface area contributed by atoms with Crippen molar-refractivity contribution >= 4 is 11.9 Å². The first-order valence-electron chi connectivity index (χ1n) is 8.18. The molecule has 24 heavy (non-hydrogen) atoms.